The third-order valence-corrected chi connectivity index (χ3v) is 6.33. The van der Waals surface area contributed by atoms with Crippen LogP contribution in [0.1, 0.15) is 25.5 Å². The predicted octanol–water partition coefficient (Wildman–Crippen LogP) is 4.41. The second-order valence-corrected chi connectivity index (χ2v) is 8.31. The van der Waals surface area contributed by atoms with Crippen LogP contribution in [0.25, 0.3) is 4.91 Å². The number of amidine groups is 1. The third kappa shape index (κ3) is 3.54. The largest absolute Gasteiger partial charge is 0.317 e. The highest BCUT2D eigenvalue weighted by molar-refractivity contribution is 8.09. The second-order valence-electron chi connectivity index (χ2n) is 6.17. The average Bonchev–Trinajstić information content (AvgIpc) is 3.27. The minimum Gasteiger partial charge on any atom is -0.317 e. The van der Waals surface area contributed by atoms with Gasteiger partial charge < -0.3 is 5.32 Å². The van der Waals surface area contributed by atoms with Crippen LogP contribution in [0.2, 0.25) is 0 Å². The lowest BCUT2D eigenvalue weighted by Gasteiger charge is -2.17. The van der Waals surface area contributed by atoms with Crippen LogP contribution in [-0.4, -0.2) is 34.9 Å². The molecule has 4 nitrogen and oxygen atoms in total. The molecule has 3 unspecified atom stereocenters. The Morgan fingerprint density at radius 2 is 2.25 bits per heavy atom. The molecule has 0 spiro atoms. The molecule has 3 atom stereocenters. The lowest BCUT2D eigenvalue weighted by Crippen LogP contribution is -2.18. The second kappa shape index (κ2) is 7.07. The van der Waals surface area contributed by atoms with E-state index in [0.717, 1.165) is 36.0 Å². The van der Waals surface area contributed by atoms with Gasteiger partial charge >= 0.3 is 0 Å². The summed E-state index contributed by atoms with van der Waals surface area (Å²) in [6, 6.07) is 0.303. The van der Waals surface area contributed by atoms with Crippen molar-refractivity contribution >= 4 is 45.2 Å². The molecule has 0 aromatic carbocycles. The number of allylic oxidation sites excluding steroid dienone is 2. The van der Waals surface area contributed by atoms with Crippen LogP contribution in [0.15, 0.2) is 45.7 Å². The number of nitrogens with zero attached hydrogens (tertiary/aromatic N) is 3. The Bertz CT molecular complexity index is 745. The standard InChI is InChI=1S/C18H20N4S2/c1-12-5-8-17(20-10-12)22-18-21-14(11-23-18)16-7-6-15(24-16)13-4-2-3-9-19-13/h2,4-5,7-9,11-13,15H,3,6,10H2,1H3,(H,20,21,22). The number of rotatable bonds is 3. The van der Waals surface area contributed by atoms with Gasteiger partial charge in [0.05, 0.1) is 11.7 Å². The summed E-state index contributed by atoms with van der Waals surface area (Å²) < 4.78 is 0. The zero-order valence-corrected chi connectivity index (χ0v) is 15.2. The summed E-state index contributed by atoms with van der Waals surface area (Å²) >= 11 is 3.53. The van der Waals surface area contributed by atoms with Gasteiger partial charge in [-0.15, -0.1) is 23.1 Å². The van der Waals surface area contributed by atoms with E-state index in [1.807, 2.05) is 24.1 Å². The smallest absolute Gasteiger partial charge is 0.188 e. The summed E-state index contributed by atoms with van der Waals surface area (Å²) in [6.45, 7) is 3.01. The number of aliphatic imine (C=N–C) groups is 2. The first-order valence-corrected chi connectivity index (χ1v) is 10.0. The molecule has 124 valence electrons. The fourth-order valence-electron chi connectivity index (χ4n) is 2.83. The van der Waals surface area contributed by atoms with E-state index in [0.29, 0.717) is 17.2 Å². The van der Waals surface area contributed by atoms with Crippen molar-refractivity contribution in [2.45, 2.75) is 31.1 Å². The van der Waals surface area contributed by atoms with Crippen molar-refractivity contribution in [2.75, 3.05) is 11.9 Å². The normalized spacial score (nSPS) is 28.8. The van der Waals surface area contributed by atoms with Gasteiger partial charge in [0.15, 0.2) is 5.13 Å². The van der Waals surface area contributed by atoms with Gasteiger partial charge in [-0.2, -0.15) is 0 Å². The maximum Gasteiger partial charge on any atom is 0.188 e. The summed E-state index contributed by atoms with van der Waals surface area (Å²) in [6.07, 6.45) is 15.0. The van der Waals surface area contributed by atoms with Crippen molar-refractivity contribution in [2.24, 2.45) is 15.9 Å². The molecule has 1 aromatic rings. The van der Waals surface area contributed by atoms with Gasteiger partial charge in [-0.25, -0.2) is 4.98 Å². The Balaban J connectivity index is 1.39. The Morgan fingerprint density at radius 3 is 3.04 bits per heavy atom. The van der Waals surface area contributed by atoms with E-state index in [-0.39, 0.29) is 0 Å². The van der Waals surface area contributed by atoms with Gasteiger partial charge in [0.1, 0.15) is 5.84 Å². The first kappa shape index (κ1) is 15.8. The summed E-state index contributed by atoms with van der Waals surface area (Å²) in [5.74, 6) is 1.43. The van der Waals surface area contributed by atoms with Gasteiger partial charge in [0.25, 0.3) is 0 Å². The third-order valence-electron chi connectivity index (χ3n) is 4.17. The van der Waals surface area contributed by atoms with Crippen LogP contribution in [-0.2, 0) is 0 Å². The SMILES string of the molecule is CC1C=CC(Nc2nc(C3=CCC(C4C=CCC=N4)S3)cs2)=NC1. The number of nitrogens with one attached hydrogen (secondary N) is 1. The molecule has 0 saturated carbocycles. The number of aromatic nitrogens is 1. The van der Waals surface area contributed by atoms with Crippen molar-refractivity contribution in [1.29, 1.82) is 0 Å². The number of thiazole rings is 1. The topological polar surface area (TPSA) is 49.6 Å². The minimum absolute atomic E-state index is 0.303. The summed E-state index contributed by atoms with van der Waals surface area (Å²) in [5.41, 5.74) is 1.06. The van der Waals surface area contributed by atoms with Crippen LogP contribution in [0.4, 0.5) is 5.13 Å². The fourth-order valence-corrected chi connectivity index (χ4v) is 4.86. The van der Waals surface area contributed by atoms with E-state index in [1.165, 1.54) is 4.91 Å². The van der Waals surface area contributed by atoms with Crippen molar-refractivity contribution < 1.29 is 0 Å². The molecule has 24 heavy (non-hydrogen) atoms. The zero-order valence-electron chi connectivity index (χ0n) is 13.6. The summed E-state index contributed by atoms with van der Waals surface area (Å²) in [7, 11) is 0. The molecule has 3 aliphatic heterocycles. The predicted molar refractivity (Wildman–Crippen MR) is 106 cm³/mol. The van der Waals surface area contributed by atoms with E-state index >= 15 is 0 Å². The molecule has 4 heterocycles. The molecule has 0 aliphatic carbocycles. The van der Waals surface area contributed by atoms with Gasteiger partial charge in [0, 0.05) is 34.7 Å². The molecule has 0 fully saturated rings. The van der Waals surface area contributed by atoms with Gasteiger partial charge in [0.2, 0.25) is 0 Å². The molecule has 3 aliphatic rings. The molecule has 1 aromatic heterocycles. The first-order valence-electron chi connectivity index (χ1n) is 8.28. The zero-order chi connectivity index (χ0) is 16.4. The average molecular weight is 357 g/mol. The van der Waals surface area contributed by atoms with Crippen molar-refractivity contribution in [3.8, 4) is 0 Å². The number of hydrogen-bond donors (Lipinski definition) is 1. The molecule has 0 bridgehead atoms. The Hall–Kier alpha value is -1.66. The highest BCUT2D eigenvalue weighted by Gasteiger charge is 2.26. The Kier molecular flexibility index (Phi) is 4.67. The highest BCUT2D eigenvalue weighted by atomic mass is 32.2. The lowest BCUT2D eigenvalue weighted by atomic mass is 10.1. The van der Waals surface area contributed by atoms with E-state index in [2.05, 4.69) is 51.9 Å². The van der Waals surface area contributed by atoms with E-state index in [4.69, 9.17) is 4.98 Å². The molecule has 0 saturated heterocycles. The summed E-state index contributed by atoms with van der Waals surface area (Å²) in [5, 5.41) is 6.85. The van der Waals surface area contributed by atoms with Crippen molar-refractivity contribution in [3.63, 3.8) is 0 Å². The first-order chi connectivity index (χ1) is 11.8. The van der Waals surface area contributed by atoms with Gasteiger partial charge in [-0.05, 0) is 18.4 Å². The number of anilines is 1. The Labute approximate surface area is 150 Å². The molecule has 6 heteroatoms. The molecular weight excluding hydrogens is 336 g/mol. The minimum atomic E-state index is 0.303. The van der Waals surface area contributed by atoms with E-state index < -0.39 is 0 Å². The van der Waals surface area contributed by atoms with Crippen LogP contribution in [0, 0.1) is 5.92 Å². The molecule has 4 rings (SSSR count). The van der Waals surface area contributed by atoms with Crippen LogP contribution < -0.4 is 5.32 Å². The van der Waals surface area contributed by atoms with Crippen LogP contribution in [0.3, 0.4) is 0 Å². The molecule has 1 N–H and O–H groups in total. The van der Waals surface area contributed by atoms with Crippen LogP contribution >= 0.6 is 23.1 Å². The maximum atomic E-state index is 4.73. The molecule has 0 amide bonds. The molecular formula is C18H20N4S2. The quantitative estimate of drug-likeness (QED) is 0.817. The Morgan fingerprint density at radius 1 is 1.29 bits per heavy atom. The number of hydrogen-bond acceptors (Lipinski definition) is 6. The monoisotopic (exact) mass is 356 g/mol. The van der Waals surface area contributed by atoms with E-state index in [1.54, 1.807) is 11.3 Å². The number of thioether (sulfide) groups is 1. The number of dihydropyridines is 2. The van der Waals surface area contributed by atoms with Crippen molar-refractivity contribution in [3.05, 3.63) is 41.5 Å². The molecule has 0 radical (unpaired) electrons. The van der Waals surface area contributed by atoms with Gasteiger partial charge in [-0.1, -0.05) is 31.2 Å². The van der Waals surface area contributed by atoms with Crippen molar-refractivity contribution in [1.82, 2.24) is 4.98 Å². The van der Waals surface area contributed by atoms with Gasteiger partial charge in [-0.3, -0.25) is 9.98 Å². The summed E-state index contributed by atoms with van der Waals surface area (Å²) in [4.78, 5) is 15.1. The van der Waals surface area contributed by atoms with E-state index in [9.17, 15) is 0 Å². The lowest BCUT2D eigenvalue weighted by molar-refractivity contribution is 0.734. The maximum absolute atomic E-state index is 4.73. The fraction of sp³-hybridized carbons (Fsp3) is 0.389. The highest BCUT2D eigenvalue weighted by Crippen LogP contribution is 2.42. The van der Waals surface area contributed by atoms with Crippen LogP contribution in [0.5, 0.6) is 0 Å².